The van der Waals surface area contributed by atoms with E-state index in [1.807, 2.05) is 63.2 Å². The molecule has 3 N–H and O–H groups in total. The quantitative estimate of drug-likeness (QED) is 0.256. The first-order chi connectivity index (χ1) is 19.0. The molecule has 0 spiro atoms. The third-order valence-corrected chi connectivity index (χ3v) is 8.32. The van der Waals surface area contributed by atoms with Crippen LogP contribution in [0, 0.1) is 20.8 Å². The van der Waals surface area contributed by atoms with E-state index >= 15 is 0 Å². The van der Waals surface area contributed by atoms with E-state index in [2.05, 4.69) is 11.4 Å². The van der Waals surface area contributed by atoms with Crippen LogP contribution in [0.15, 0.2) is 48.5 Å². The first-order valence-electron chi connectivity index (χ1n) is 13.3. The van der Waals surface area contributed by atoms with Gasteiger partial charge in [0, 0.05) is 29.5 Å². The lowest BCUT2D eigenvalue weighted by molar-refractivity contribution is -0.137. The Morgan fingerprint density at radius 1 is 1.12 bits per heavy atom. The van der Waals surface area contributed by atoms with E-state index in [-0.39, 0.29) is 30.7 Å². The third-order valence-electron chi connectivity index (χ3n) is 7.29. The van der Waals surface area contributed by atoms with Crippen molar-refractivity contribution in [1.82, 2.24) is 0 Å². The van der Waals surface area contributed by atoms with Crippen LogP contribution in [-0.2, 0) is 14.6 Å². The second kappa shape index (κ2) is 12.3. The highest BCUT2D eigenvalue weighted by atomic mass is 32.2. The second-order valence-electron chi connectivity index (χ2n) is 10.5. The number of carboxylic acids is 1. The van der Waals surface area contributed by atoms with Crippen LogP contribution in [0.25, 0.3) is 11.1 Å². The molecule has 3 aromatic carbocycles. The van der Waals surface area contributed by atoms with Crippen LogP contribution in [0.3, 0.4) is 0 Å². The average molecular weight is 568 g/mol. The van der Waals surface area contributed by atoms with Crippen LogP contribution in [0.1, 0.15) is 52.6 Å². The number of benzene rings is 3. The molecule has 0 saturated heterocycles. The van der Waals surface area contributed by atoms with Gasteiger partial charge in [0.25, 0.3) is 0 Å². The van der Waals surface area contributed by atoms with Crippen LogP contribution >= 0.6 is 0 Å². The fraction of sp³-hybridized carbons (Fsp3) is 0.387. The Hall–Kier alpha value is -3.56. The van der Waals surface area contributed by atoms with Gasteiger partial charge in [0.15, 0.2) is 0 Å². The molecule has 8 nitrogen and oxygen atoms in total. The summed E-state index contributed by atoms with van der Waals surface area (Å²) >= 11 is 0. The first kappa shape index (κ1) is 29.4. The maximum Gasteiger partial charge on any atom is 0.304 e. The largest absolute Gasteiger partial charge is 0.494 e. The zero-order chi connectivity index (χ0) is 29.0. The minimum Gasteiger partial charge on any atom is -0.494 e. The van der Waals surface area contributed by atoms with Gasteiger partial charge >= 0.3 is 5.97 Å². The topological polar surface area (TPSA) is 122 Å². The van der Waals surface area contributed by atoms with Crippen molar-refractivity contribution in [1.29, 1.82) is 0 Å². The van der Waals surface area contributed by atoms with Crippen molar-refractivity contribution < 1.29 is 32.9 Å². The number of hydrogen-bond acceptors (Lipinski definition) is 7. The molecule has 0 aromatic heterocycles. The number of anilines is 1. The average Bonchev–Trinajstić information content (AvgIpc) is 3.26. The van der Waals surface area contributed by atoms with E-state index in [0.29, 0.717) is 31.1 Å². The number of aryl methyl sites for hydroxylation is 2. The molecule has 9 heteroatoms. The molecular formula is C31H37NO7S. The molecule has 0 fully saturated rings. The van der Waals surface area contributed by atoms with Gasteiger partial charge in [0.2, 0.25) is 0 Å². The molecule has 1 heterocycles. The summed E-state index contributed by atoms with van der Waals surface area (Å²) in [5.41, 5.74) is 7.91. The van der Waals surface area contributed by atoms with Crippen molar-refractivity contribution in [3.8, 4) is 22.6 Å². The van der Waals surface area contributed by atoms with Crippen LogP contribution in [0.5, 0.6) is 11.5 Å². The molecule has 214 valence electrons. The number of sulfone groups is 1. The van der Waals surface area contributed by atoms with E-state index in [0.717, 1.165) is 44.6 Å². The highest BCUT2D eigenvalue weighted by molar-refractivity contribution is 7.90. The van der Waals surface area contributed by atoms with Gasteiger partial charge in [0.1, 0.15) is 21.3 Å². The number of aliphatic hydroxyl groups excluding tert-OH is 1. The minimum absolute atomic E-state index is 0.0279. The van der Waals surface area contributed by atoms with Gasteiger partial charge in [-0.1, -0.05) is 24.3 Å². The van der Waals surface area contributed by atoms with Crippen LogP contribution in [0.2, 0.25) is 0 Å². The molecule has 4 rings (SSSR count). The molecule has 40 heavy (non-hydrogen) atoms. The summed E-state index contributed by atoms with van der Waals surface area (Å²) < 4.78 is 34.3. The Labute approximate surface area is 235 Å². The predicted octanol–water partition coefficient (Wildman–Crippen LogP) is 5.19. The van der Waals surface area contributed by atoms with Crippen molar-refractivity contribution in [2.75, 3.05) is 37.1 Å². The lowest BCUT2D eigenvalue weighted by Crippen LogP contribution is -2.16. The van der Waals surface area contributed by atoms with Crippen LogP contribution in [0.4, 0.5) is 5.69 Å². The van der Waals surface area contributed by atoms with E-state index < -0.39 is 15.8 Å². The van der Waals surface area contributed by atoms with Gasteiger partial charge in [-0.25, -0.2) is 8.42 Å². The molecule has 2 atom stereocenters. The van der Waals surface area contributed by atoms with Crippen molar-refractivity contribution >= 4 is 21.5 Å². The second-order valence-corrected chi connectivity index (χ2v) is 12.8. The SMILES string of the molecule is Cc1cc(OCCCS(C)(=O)=O)cc(C)c1-c1cccc(C(CO)Nc2ccc3c(c2)OCC3CC(=O)O)c1C. The van der Waals surface area contributed by atoms with Gasteiger partial charge < -0.3 is 25.0 Å². The number of aliphatic carboxylic acids is 1. The maximum atomic E-state index is 11.4. The summed E-state index contributed by atoms with van der Waals surface area (Å²) in [6.07, 6.45) is 1.69. The van der Waals surface area contributed by atoms with E-state index in [1.54, 1.807) is 0 Å². The number of carbonyl (C=O) groups is 1. The number of nitrogens with one attached hydrogen (secondary N) is 1. The molecule has 0 saturated carbocycles. The van der Waals surface area contributed by atoms with Crippen molar-refractivity contribution in [2.24, 2.45) is 0 Å². The zero-order valence-electron chi connectivity index (χ0n) is 23.4. The standard InChI is InChI=1S/C31H37NO7S/c1-19-13-24(38-11-6-12-40(4,36)37)14-20(2)31(19)26-8-5-7-25(21(26)3)28(17-33)32-23-9-10-27-22(15-30(34)35)18-39-29(27)16-23/h5,7-10,13-14,16,22,28,32-33H,6,11-12,15,17-18H2,1-4H3,(H,34,35). The monoisotopic (exact) mass is 567 g/mol. The molecule has 0 bridgehead atoms. The highest BCUT2D eigenvalue weighted by Crippen LogP contribution is 2.39. The van der Waals surface area contributed by atoms with E-state index in [4.69, 9.17) is 14.6 Å². The number of fused-ring (bicyclic) bond motifs is 1. The lowest BCUT2D eigenvalue weighted by Gasteiger charge is -2.23. The van der Waals surface area contributed by atoms with Crippen molar-refractivity contribution in [3.05, 3.63) is 76.3 Å². The fourth-order valence-electron chi connectivity index (χ4n) is 5.41. The van der Waals surface area contributed by atoms with Crippen molar-refractivity contribution in [2.45, 2.75) is 45.6 Å². The molecule has 2 unspecified atom stereocenters. The summed E-state index contributed by atoms with van der Waals surface area (Å²) in [6, 6.07) is 15.3. The number of hydrogen-bond donors (Lipinski definition) is 3. The summed E-state index contributed by atoms with van der Waals surface area (Å²) in [4.78, 5) is 11.2. The van der Waals surface area contributed by atoms with Crippen molar-refractivity contribution in [3.63, 3.8) is 0 Å². The highest BCUT2D eigenvalue weighted by Gasteiger charge is 2.27. The Kier molecular flexibility index (Phi) is 9.05. The summed E-state index contributed by atoms with van der Waals surface area (Å²) in [5, 5.41) is 22.9. The van der Waals surface area contributed by atoms with E-state index in [9.17, 15) is 18.3 Å². The van der Waals surface area contributed by atoms with Crippen LogP contribution in [-0.4, -0.2) is 56.4 Å². The van der Waals surface area contributed by atoms with Gasteiger partial charge in [0.05, 0.1) is 38.0 Å². The predicted molar refractivity (Wildman–Crippen MR) is 156 cm³/mol. The van der Waals surface area contributed by atoms with Gasteiger partial charge in [-0.2, -0.15) is 0 Å². The number of rotatable bonds is 12. The fourth-order valence-corrected chi connectivity index (χ4v) is 6.06. The van der Waals surface area contributed by atoms with Gasteiger partial charge in [-0.3, -0.25) is 4.79 Å². The van der Waals surface area contributed by atoms with Crippen LogP contribution < -0.4 is 14.8 Å². The van der Waals surface area contributed by atoms with Gasteiger partial charge in [-0.15, -0.1) is 0 Å². The summed E-state index contributed by atoms with van der Waals surface area (Å²) in [5.74, 6) is 0.462. The molecule has 0 radical (unpaired) electrons. The van der Waals surface area contributed by atoms with Gasteiger partial charge in [-0.05, 0) is 78.8 Å². The Morgan fingerprint density at radius 2 is 1.85 bits per heavy atom. The Balaban J connectivity index is 1.54. The minimum atomic E-state index is -3.01. The van der Waals surface area contributed by atoms with E-state index in [1.165, 1.54) is 6.26 Å². The molecule has 0 aliphatic carbocycles. The lowest BCUT2D eigenvalue weighted by atomic mass is 9.88. The molecule has 3 aromatic rings. The Bertz CT molecular complexity index is 1480. The zero-order valence-corrected chi connectivity index (χ0v) is 24.2. The summed E-state index contributed by atoms with van der Waals surface area (Å²) in [7, 11) is -3.01. The number of carboxylic acid groups (broad SMARTS) is 1. The number of aliphatic hydroxyl groups is 1. The third kappa shape index (κ3) is 6.95. The maximum absolute atomic E-state index is 11.4. The smallest absolute Gasteiger partial charge is 0.304 e. The Morgan fingerprint density at radius 3 is 2.50 bits per heavy atom. The molecule has 1 aliphatic rings. The molecular weight excluding hydrogens is 530 g/mol. The first-order valence-corrected chi connectivity index (χ1v) is 15.4. The summed E-state index contributed by atoms with van der Waals surface area (Å²) in [6.45, 7) is 6.66. The molecule has 1 aliphatic heterocycles. The normalized spacial score (nSPS) is 15.3. The number of ether oxygens (including phenoxy) is 2. The molecule has 0 amide bonds.